The van der Waals surface area contributed by atoms with Crippen LogP contribution in [0.1, 0.15) is 78.6 Å². The number of hydrogen-bond donors (Lipinski definition) is 2. The van der Waals surface area contributed by atoms with Crippen molar-refractivity contribution in [2.45, 2.75) is 103 Å². The molecule has 1 unspecified atom stereocenters. The Morgan fingerprint density at radius 1 is 1.14 bits per heavy atom. The minimum Gasteiger partial charge on any atom is -0.550 e. The highest BCUT2D eigenvalue weighted by molar-refractivity contribution is 5.99. The van der Waals surface area contributed by atoms with Crippen LogP contribution in [0.15, 0.2) is 23.0 Å². The number of carbonyl (C=O) groups excluding carboxylic acids is 3. The highest BCUT2D eigenvalue weighted by Crippen LogP contribution is 2.35. The average molecular weight is 496 g/mol. The number of Topliss-reactive ketones (excluding diaryl/α,β-unsaturated/α-hetero) is 1. The van der Waals surface area contributed by atoms with Crippen molar-refractivity contribution >= 4 is 17.7 Å². The lowest BCUT2D eigenvalue weighted by Gasteiger charge is -2.26. The van der Waals surface area contributed by atoms with Crippen LogP contribution in [-0.2, 0) is 28.6 Å². The van der Waals surface area contributed by atoms with Crippen molar-refractivity contribution in [2.24, 2.45) is 5.92 Å². The number of carboxylic acid groups (broad SMARTS) is 1. The zero-order valence-electron chi connectivity index (χ0n) is 21.0. The molecular weight excluding hydrogens is 456 g/mol. The SMILES string of the molecule is C/C(=C\C(=O)OCCCCCCCCC(=O)[O-])C[C@@H]1OCC2=C(OC([C@@H](O)[C@@H](C)[C@H](C)O)C2)C1=O. The fourth-order valence-corrected chi connectivity index (χ4v) is 4.20. The molecule has 0 aromatic carbocycles. The fourth-order valence-electron chi connectivity index (χ4n) is 4.20. The fraction of sp³-hybridized carbons (Fsp3) is 0.731. The van der Waals surface area contributed by atoms with Gasteiger partial charge in [0.1, 0.15) is 12.2 Å². The molecule has 0 saturated carbocycles. The van der Waals surface area contributed by atoms with Crippen LogP contribution in [0.3, 0.4) is 0 Å². The highest BCUT2D eigenvalue weighted by atomic mass is 16.5. The van der Waals surface area contributed by atoms with Gasteiger partial charge in [-0.2, -0.15) is 0 Å². The zero-order chi connectivity index (χ0) is 26.0. The first-order valence-corrected chi connectivity index (χ1v) is 12.5. The van der Waals surface area contributed by atoms with Crippen LogP contribution in [0.2, 0.25) is 0 Å². The summed E-state index contributed by atoms with van der Waals surface area (Å²) in [6.07, 6.45) is 4.12. The maximum Gasteiger partial charge on any atom is 0.330 e. The van der Waals surface area contributed by atoms with E-state index in [9.17, 15) is 29.7 Å². The van der Waals surface area contributed by atoms with Crippen molar-refractivity contribution in [1.82, 2.24) is 0 Å². The summed E-state index contributed by atoms with van der Waals surface area (Å²) in [4.78, 5) is 35.3. The number of aliphatic hydroxyl groups excluding tert-OH is 2. The monoisotopic (exact) mass is 495 g/mol. The van der Waals surface area contributed by atoms with Crippen LogP contribution >= 0.6 is 0 Å². The Morgan fingerprint density at radius 2 is 1.80 bits per heavy atom. The van der Waals surface area contributed by atoms with Gasteiger partial charge in [-0.3, -0.25) is 4.79 Å². The van der Waals surface area contributed by atoms with Crippen LogP contribution in [0.5, 0.6) is 0 Å². The van der Waals surface area contributed by atoms with Gasteiger partial charge in [0.25, 0.3) is 0 Å². The first kappa shape index (κ1) is 29.0. The molecule has 35 heavy (non-hydrogen) atoms. The second kappa shape index (κ2) is 14.4. The van der Waals surface area contributed by atoms with E-state index >= 15 is 0 Å². The maximum atomic E-state index is 12.9. The normalized spacial score (nSPS) is 22.9. The topological polar surface area (TPSA) is 142 Å². The molecule has 0 aromatic rings. The lowest BCUT2D eigenvalue weighted by molar-refractivity contribution is -0.305. The molecule has 2 aliphatic heterocycles. The third kappa shape index (κ3) is 9.39. The lowest BCUT2D eigenvalue weighted by Crippen LogP contribution is -2.37. The number of hydrogen-bond acceptors (Lipinski definition) is 9. The number of carboxylic acids is 1. The van der Waals surface area contributed by atoms with Gasteiger partial charge in [0.05, 0.1) is 25.4 Å². The van der Waals surface area contributed by atoms with Gasteiger partial charge in [0.2, 0.25) is 5.78 Å². The summed E-state index contributed by atoms with van der Waals surface area (Å²) >= 11 is 0. The summed E-state index contributed by atoms with van der Waals surface area (Å²) in [6, 6.07) is 0. The van der Waals surface area contributed by atoms with E-state index in [2.05, 4.69) is 0 Å². The number of aliphatic hydroxyl groups is 2. The molecule has 0 fully saturated rings. The van der Waals surface area contributed by atoms with Crippen molar-refractivity contribution in [1.29, 1.82) is 0 Å². The number of esters is 1. The lowest BCUT2D eigenvalue weighted by atomic mass is 9.92. The van der Waals surface area contributed by atoms with Gasteiger partial charge in [0.15, 0.2) is 5.76 Å². The predicted molar refractivity (Wildman–Crippen MR) is 125 cm³/mol. The Kier molecular flexibility index (Phi) is 11.9. The molecule has 2 heterocycles. The van der Waals surface area contributed by atoms with Crippen LogP contribution in [0.25, 0.3) is 0 Å². The average Bonchev–Trinajstić information content (AvgIpc) is 3.23. The zero-order valence-corrected chi connectivity index (χ0v) is 21.0. The van der Waals surface area contributed by atoms with Gasteiger partial charge in [-0.1, -0.05) is 38.2 Å². The first-order chi connectivity index (χ1) is 16.6. The Hall–Kier alpha value is -2.23. The van der Waals surface area contributed by atoms with Gasteiger partial charge < -0.3 is 34.3 Å². The van der Waals surface area contributed by atoms with Crippen LogP contribution in [0, 0.1) is 5.92 Å². The molecule has 198 valence electrons. The highest BCUT2D eigenvalue weighted by Gasteiger charge is 2.42. The number of ether oxygens (including phenoxy) is 3. The summed E-state index contributed by atoms with van der Waals surface area (Å²) in [5.41, 5.74) is 1.37. The molecule has 2 N–H and O–H groups in total. The van der Waals surface area contributed by atoms with Gasteiger partial charge in [-0.15, -0.1) is 0 Å². The maximum absolute atomic E-state index is 12.9. The first-order valence-electron chi connectivity index (χ1n) is 12.5. The summed E-state index contributed by atoms with van der Waals surface area (Å²) in [5.74, 6) is -1.94. The van der Waals surface area contributed by atoms with E-state index in [0.29, 0.717) is 30.6 Å². The number of carbonyl (C=O) groups is 3. The molecule has 0 saturated heterocycles. The predicted octanol–water partition coefficient (Wildman–Crippen LogP) is 1.74. The Morgan fingerprint density at radius 3 is 2.46 bits per heavy atom. The van der Waals surface area contributed by atoms with Gasteiger partial charge in [-0.05, 0) is 33.1 Å². The van der Waals surface area contributed by atoms with E-state index in [0.717, 1.165) is 32.1 Å². The van der Waals surface area contributed by atoms with Crippen molar-refractivity contribution in [3.05, 3.63) is 23.0 Å². The summed E-state index contributed by atoms with van der Waals surface area (Å²) in [7, 11) is 0. The smallest absolute Gasteiger partial charge is 0.330 e. The van der Waals surface area contributed by atoms with Crippen molar-refractivity contribution in [2.75, 3.05) is 13.2 Å². The Labute approximate surface area is 207 Å². The molecular formula is C26H39O9-. The number of aliphatic carboxylic acids is 1. The second-order valence-corrected chi connectivity index (χ2v) is 9.65. The van der Waals surface area contributed by atoms with E-state index < -0.39 is 42.3 Å². The molecule has 0 bridgehead atoms. The molecule has 2 aliphatic rings. The third-order valence-corrected chi connectivity index (χ3v) is 6.58. The van der Waals surface area contributed by atoms with E-state index in [4.69, 9.17) is 14.2 Å². The van der Waals surface area contributed by atoms with Crippen LogP contribution < -0.4 is 5.11 Å². The van der Waals surface area contributed by atoms with E-state index in [1.165, 1.54) is 6.08 Å². The molecule has 0 aliphatic carbocycles. The van der Waals surface area contributed by atoms with Gasteiger partial charge in [-0.25, -0.2) is 4.79 Å². The molecule has 0 amide bonds. The van der Waals surface area contributed by atoms with Gasteiger partial charge >= 0.3 is 5.97 Å². The van der Waals surface area contributed by atoms with E-state index in [1.54, 1.807) is 20.8 Å². The van der Waals surface area contributed by atoms with Crippen molar-refractivity contribution in [3.8, 4) is 0 Å². The van der Waals surface area contributed by atoms with E-state index in [-0.39, 0.29) is 31.0 Å². The van der Waals surface area contributed by atoms with Crippen molar-refractivity contribution in [3.63, 3.8) is 0 Å². The molecule has 5 atom stereocenters. The minimum atomic E-state index is -1.01. The van der Waals surface area contributed by atoms with E-state index in [1.807, 2.05) is 0 Å². The molecule has 0 radical (unpaired) electrons. The standard InChI is InChI=1S/C26H40O9/c1-16(13-23(30)33-11-9-7-5-4-6-8-10-22(28)29)12-20-25(32)26-19(15-34-20)14-21(35-26)24(31)17(2)18(3)27/h13,17-18,20-21,24,27,31H,4-12,14-15H2,1-3H3,(H,28,29)/p-1/b16-13+/t17-,18-,20-,21?,24-/m0/s1. The molecule has 0 aromatic heterocycles. The quantitative estimate of drug-likeness (QED) is 0.197. The Bertz CT molecular complexity index is 799. The number of unbranched alkanes of at least 4 members (excludes halogenated alkanes) is 5. The minimum absolute atomic E-state index is 0.0967. The molecule has 2 rings (SSSR count). The summed E-state index contributed by atoms with van der Waals surface area (Å²) in [6.45, 7) is 5.60. The molecule has 0 spiro atoms. The van der Waals surface area contributed by atoms with Crippen LogP contribution in [-0.4, -0.2) is 65.6 Å². The summed E-state index contributed by atoms with van der Waals surface area (Å²) in [5, 5.41) is 30.5. The summed E-state index contributed by atoms with van der Waals surface area (Å²) < 4.78 is 16.7. The van der Waals surface area contributed by atoms with Crippen molar-refractivity contribution < 1.29 is 43.9 Å². The molecule has 9 nitrogen and oxygen atoms in total. The van der Waals surface area contributed by atoms with Crippen LogP contribution in [0.4, 0.5) is 0 Å². The Balaban J connectivity index is 1.69. The third-order valence-electron chi connectivity index (χ3n) is 6.58. The molecule has 9 heteroatoms. The number of ketones is 1. The largest absolute Gasteiger partial charge is 0.550 e. The van der Waals surface area contributed by atoms with Gasteiger partial charge in [0, 0.05) is 36.4 Å². The second-order valence-electron chi connectivity index (χ2n) is 9.65. The number of rotatable bonds is 15.